The lowest BCUT2D eigenvalue weighted by Crippen LogP contribution is -2.28. The number of hydrogen-bond acceptors (Lipinski definition) is 2. The second-order valence-corrected chi connectivity index (χ2v) is 6.27. The number of halogens is 2. The summed E-state index contributed by atoms with van der Waals surface area (Å²) in [6.07, 6.45) is 0.0801. The van der Waals surface area contributed by atoms with Gasteiger partial charge < -0.3 is 10.2 Å². The molecule has 118 valence electrons. The summed E-state index contributed by atoms with van der Waals surface area (Å²) in [5.74, 6) is -1.44. The summed E-state index contributed by atoms with van der Waals surface area (Å²) in [7, 11) is 0. The fraction of sp³-hybridized carbons (Fsp3) is 0.176. The molecule has 3 rings (SSSR count). The van der Waals surface area contributed by atoms with Crippen molar-refractivity contribution in [3.63, 3.8) is 0 Å². The second-order valence-electron chi connectivity index (χ2n) is 5.35. The van der Waals surface area contributed by atoms with E-state index in [4.69, 9.17) is 0 Å². The molecule has 6 heteroatoms. The van der Waals surface area contributed by atoms with Crippen LogP contribution in [0.2, 0.25) is 0 Å². The first kappa shape index (κ1) is 15.7. The first-order valence-electron chi connectivity index (χ1n) is 7.16. The first-order chi connectivity index (χ1) is 11.0. The summed E-state index contributed by atoms with van der Waals surface area (Å²) in [5, 5.41) is 2.79. The number of carbonyl (C=O) groups excluding carboxylic acids is 2. The van der Waals surface area contributed by atoms with Crippen LogP contribution in [0.1, 0.15) is 6.42 Å². The van der Waals surface area contributed by atoms with Crippen molar-refractivity contribution in [2.24, 2.45) is 5.92 Å². The van der Waals surface area contributed by atoms with Crippen molar-refractivity contribution in [2.75, 3.05) is 16.8 Å². The van der Waals surface area contributed by atoms with E-state index in [1.165, 1.54) is 11.0 Å². The topological polar surface area (TPSA) is 49.4 Å². The van der Waals surface area contributed by atoms with Gasteiger partial charge in [0, 0.05) is 23.1 Å². The number of rotatable bonds is 3. The lowest BCUT2D eigenvalue weighted by Gasteiger charge is -2.17. The van der Waals surface area contributed by atoms with Crippen LogP contribution >= 0.6 is 15.9 Å². The highest BCUT2D eigenvalue weighted by Crippen LogP contribution is 2.28. The fourth-order valence-electron chi connectivity index (χ4n) is 2.56. The highest BCUT2D eigenvalue weighted by atomic mass is 79.9. The Hall–Kier alpha value is -2.21. The predicted octanol–water partition coefficient (Wildman–Crippen LogP) is 3.58. The van der Waals surface area contributed by atoms with Gasteiger partial charge in [-0.05, 0) is 36.4 Å². The van der Waals surface area contributed by atoms with Gasteiger partial charge in [0.05, 0.1) is 11.6 Å². The van der Waals surface area contributed by atoms with Crippen LogP contribution in [0.3, 0.4) is 0 Å². The van der Waals surface area contributed by atoms with Crippen molar-refractivity contribution in [1.82, 2.24) is 0 Å². The molecule has 0 saturated carbocycles. The third kappa shape index (κ3) is 3.42. The Bertz CT molecular complexity index is 749. The molecule has 2 aromatic carbocycles. The van der Waals surface area contributed by atoms with E-state index < -0.39 is 11.7 Å². The maximum atomic E-state index is 13.8. The minimum absolute atomic E-state index is 0.0801. The number of amides is 2. The summed E-state index contributed by atoms with van der Waals surface area (Å²) in [6, 6.07) is 13.3. The Kier molecular flexibility index (Phi) is 4.43. The monoisotopic (exact) mass is 376 g/mol. The van der Waals surface area contributed by atoms with E-state index in [-0.39, 0.29) is 30.5 Å². The van der Waals surface area contributed by atoms with Gasteiger partial charge in [-0.2, -0.15) is 0 Å². The predicted molar refractivity (Wildman–Crippen MR) is 89.6 cm³/mol. The average molecular weight is 377 g/mol. The van der Waals surface area contributed by atoms with Crippen LogP contribution in [0, 0.1) is 11.7 Å². The van der Waals surface area contributed by atoms with Crippen LogP contribution in [0.4, 0.5) is 15.8 Å². The number of carbonyl (C=O) groups is 2. The first-order valence-corrected chi connectivity index (χ1v) is 7.95. The minimum Gasteiger partial charge on any atom is -0.326 e. The van der Waals surface area contributed by atoms with Gasteiger partial charge in [0.15, 0.2) is 0 Å². The molecule has 23 heavy (non-hydrogen) atoms. The molecule has 0 aromatic heterocycles. The van der Waals surface area contributed by atoms with Crippen LogP contribution in [-0.2, 0) is 9.59 Å². The number of nitrogens with one attached hydrogen (secondary N) is 1. The molecule has 1 fully saturated rings. The maximum Gasteiger partial charge on any atom is 0.229 e. The van der Waals surface area contributed by atoms with Gasteiger partial charge in [-0.1, -0.05) is 28.1 Å². The molecular formula is C17H14BrFN2O2. The molecule has 2 amide bonds. The number of hydrogen-bond donors (Lipinski definition) is 1. The summed E-state index contributed by atoms with van der Waals surface area (Å²) < 4.78 is 14.7. The summed E-state index contributed by atoms with van der Waals surface area (Å²) >= 11 is 3.33. The molecule has 1 aliphatic heterocycles. The third-order valence-electron chi connectivity index (χ3n) is 3.75. The van der Waals surface area contributed by atoms with Gasteiger partial charge in [0.25, 0.3) is 0 Å². The van der Waals surface area contributed by atoms with E-state index in [1.54, 1.807) is 30.3 Å². The van der Waals surface area contributed by atoms with Crippen molar-refractivity contribution in [3.8, 4) is 0 Å². The highest BCUT2D eigenvalue weighted by molar-refractivity contribution is 9.10. The molecular weight excluding hydrogens is 363 g/mol. The Morgan fingerprint density at radius 3 is 2.57 bits per heavy atom. The summed E-state index contributed by atoms with van der Waals surface area (Å²) in [4.78, 5) is 25.8. The number of anilines is 2. The highest BCUT2D eigenvalue weighted by Gasteiger charge is 2.36. The molecule has 0 unspecified atom stereocenters. The zero-order valence-corrected chi connectivity index (χ0v) is 13.7. The quantitative estimate of drug-likeness (QED) is 0.889. The van der Waals surface area contributed by atoms with Crippen LogP contribution in [0.15, 0.2) is 53.0 Å². The Morgan fingerprint density at radius 1 is 1.17 bits per heavy atom. The van der Waals surface area contributed by atoms with Crippen LogP contribution in [0.5, 0.6) is 0 Å². The molecule has 0 bridgehead atoms. The largest absolute Gasteiger partial charge is 0.326 e. The van der Waals surface area contributed by atoms with Crippen molar-refractivity contribution in [3.05, 3.63) is 58.8 Å². The fourth-order valence-corrected chi connectivity index (χ4v) is 2.83. The third-order valence-corrected chi connectivity index (χ3v) is 4.28. The van der Waals surface area contributed by atoms with E-state index in [0.717, 1.165) is 4.47 Å². The lowest BCUT2D eigenvalue weighted by atomic mass is 10.1. The van der Waals surface area contributed by atoms with Crippen molar-refractivity contribution in [1.29, 1.82) is 0 Å². The van der Waals surface area contributed by atoms with Crippen molar-refractivity contribution in [2.45, 2.75) is 6.42 Å². The minimum atomic E-state index is -0.495. The Labute approximate surface area is 141 Å². The average Bonchev–Trinajstić information content (AvgIpc) is 2.92. The van der Waals surface area contributed by atoms with Crippen LogP contribution in [0.25, 0.3) is 0 Å². The lowest BCUT2D eigenvalue weighted by molar-refractivity contribution is -0.122. The van der Waals surface area contributed by atoms with Gasteiger partial charge in [0.2, 0.25) is 11.8 Å². The molecule has 1 saturated heterocycles. The summed E-state index contributed by atoms with van der Waals surface area (Å²) in [6.45, 7) is 0.183. The van der Waals surface area contributed by atoms with Gasteiger partial charge in [-0.3, -0.25) is 9.59 Å². The Morgan fingerprint density at radius 2 is 1.87 bits per heavy atom. The maximum absolute atomic E-state index is 13.8. The Balaban J connectivity index is 1.71. The molecule has 1 atom stereocenters. The zero-order chi connectivity index (χ0) is 16.4. The van der Waals surface area contributed by atoms with E-state index in [2.05, 4.69) is 21.2 Å². The number of benzene rings is 2. The van der Waals surface area contributed by atoms with E-state index in [0.29, 0.717) is 5.69 Å². The molecule has 1 aliphatic rings. The molecule has 0 aliphatic carbocycles. The molecule has 2 aromatic rings. The van der Waals surface area contributed by atoms with Crippen molar-refractivity contribution >= 4 is 39.1 Å². The molecule has 0 radical (unpaired) electrons. The van der Waals surface area contributed by atoms with E-state index >= 15 is 0 Å². The SMILES string of the molecule is O=C(Nc1ccc(Br)cc1)[C@@H]1CC(=O)N(c2ccccc2F)C1. The molecule has 1 heterocycles. The van der Waals surface area contributed by atoms with Crippen molar-refractivity contribution < 1.29 is 14.0 Å². The van der Waals surface area contributed by atoms with Gasteiger partial charge in [0.1, 0.15) is 5.82 Å². The molecule has 4 nitrogen and oxygen atoms in total. The van der Waals surface area contributed by atoms with Gasteiger partial charge >= 0.3 is 0 Å². The number of para-hydroxylation sites is 1. The standard InChI is InChI=1S/C17H14BrFN2O2/c18-12-5-7-13(8-6-12)20-17(23)11-9-16(22)21(10-11)15-4-2-1-3-14(15)19/h1-8,11H,9-10H2,(H,20,23)/t11-/m1/s1. The normalized spacial score (nSPS) is 17.4. The number of nitrogens with zero attached hydrogens (tertiary/aromatic N) is 1. The molecule has 0 spiro atoms. The zero-order valence-electron chi connectivity index (χ0n) is 12.1. The smallest absolute Gasteiger partial charge is 0.229 e. The van der Waals surface area contributed by atoms with E-state index in [1.807, 2.05) is 12.1 Å². The second kappa shape index (κ2) is 6.50. The van der Waals surface area contributed by atoms with Crippen LogP contribution < -0.4 is 10.2 Å². The summed E-state index contributed by atoms with van der Waals surface area (Å²) in [5.41, 5.74) is 0.881. The van der Waals surface area contributed by atoms with E-state index in [9.17, 15) is 14.0 Å². The molecule has 1 N–H and O–H groups in total. The van der Waals surface area contributed by atoms with Gasteiger partial charge in [-0.25, -0.2) is 4.39 Å². The van der Waals surface area contributed by atoms with Crippen LogP contribution in [-0.4, -0.2) is 18.4 Å². The van der Waals surface area contributed by atoms with Gasteiger partial charge in [-0.15, -0.1) is 0 Å².